The van der Waals surface area contributed by atoms with Gasteiger partial charge in [0.15, 0.2) is 0 Å². The number of imidazole rings is 2. The van der Waals surface area contributed by atoms with Crippen LogP contribution in [-0.2, 0) is 19.1 Å². The molecule has 57 heavy (non-hydrogen) atoms. The Bertz CT molecular complexity index is 2130. The third-order valence-corrected chi connectivity index (χ3v) is 12.5. The number of ether oxygens (including phenoxy) is 2. The Morgan fingerprint density at radius 1 is 0.649 bits per heavy atom. The van der Waals surface area contributed by atoms with Crippen LogP contribution in [0.15, 0.2) is 60.9 Å². The van der Waals surface area contributed by atoms with Crippen molar-refractivity contribution in [2.75, 3.05) is 14.2 Å². The first kappa shape index (κ1) is 38.2. The summed E-state index contributed by atoms with van der Waals surface area (Å²) >= 11 is 0. The van der Waals surface area contributed by atoms with E-state index in [-0.39, 0.29) is 47.8 Å². The maximum absolute atomic E-state index is 13.9. The standard InChI is InChI=1S/C43H52N8O6/c1-22(2)35(48-42(54)56-5)40(52)50-30-16-15-28(17-30)37(50)39-45-21-32(47-39)27-13-9-25(10-14-27)24-7-11-26(12-8-24)31-20-44-38(46-31)34-19-29-18-33(29)51(34)41(53)36(23(3)4)49-43(55)57-6/h7-14,20-23,28-30,33-37H,15-19H2,1-6H3,(H,44,46)(H,45,47)(H,48,54)(H,49,55)/t28-,29+,30+,33+,34-,35-,36-,37-/m0/s1. The van der Waals surface area contributed by atoms with E-state index in [9.17, 15) is 19.2 Å². The molecule has 8 atom stereocenters. The third kappa shape index (κ3) is 7.25. The largest absolute Gasteiger partial charge is 0.453 e. The van der Waals surface area contributed by atoms with Crippen LogP contribution in [0, 0.1) is 23.7 Å². The fourth-order valence-electron chi connectivity index (χ4n) is 9.37. The summed E-state index contributed by atoms with van der Waals surface area (Å²) in [4.78, 5) is 72.3. The fraction of sp³-hybridized carbons (Fsp3) is 0.488. The number of amides is 4. The maximum atomic E-state index is 13.9. The van der Waals surface area contributed by atoms with E-state index in [1.54, 1.807) is 0 Å². The Kier molecular flexibility index (Phi) is 10.3. The molecule has 0 unspecified atom stereocenters. The average Bonchev–Trinajstić information content (AvgIpc) is 3.86. The molecule has 14 nitrogen and oxygen atoms in total. The molecule has 300 valence electrons. The number of H-pyrrole nitrogens is 2. The van der Waals surface area contributed by atoms with Gasteiger partial charge in [-0.05, 0) is 78.0 Å². The first-order chi connectivity index (χ1) is 27.4. The van der Waals surface area contributed by atoms with Gasteiger partial charge < -0.3 is 39.9 Å². The minimum atomic E-state index is -0.681. The van der Waals surface area contributed by atoms with E-state index >= 15 is 0 Å². The van der Waals surface area contributed by atoms with Gasteiger partial charge in [-0.15, -0.1) is 0 Å². The van der Waals surface area contributed by atoms with Crippen molar-refractivity contribution in [2.45, 2.75) is 96.1 Å². The van der Waals surface area contributed by atoms with Crippen molar-refractivity contribution in [1.29, 1.82) is 0 Å². The highest BCUT2D eigenvalue weighted by molar-refractivity contribution is 5.88. The molecule has 14 heteroatoms. The van der Waals surface area contributed by atoms with E-state index in [0.29, 0.717) is 11.8 Å². The molecule has 2 aromatic carbocycles. The number of carbonyl (C=O) groups is 4. The van der Waals surface area contributed by atoms with Crippen LogP contribution >= 0.6 is 0 Å². The summed E-state index contributed by atoms with van der Waals surface area (Å²) in [6.45, 7) is 7.69. The van der Waals surface area contributed by atoms with Crippen LogP contribution in [0.25, 0.3) is 33.6 Å². The van der Waals surface area contributed by atoms with E-state index in [1.807, 2.05) is 49.9 Å². The van der Waals surface area contributed by atoms with Gasteiger partial charge in [-0.1, -0.05) is 76.2 Å². The Labute approximate surface area is 332 Å². The normalized spacial score (nSPS) is 24.4. The van der Waals surface area contributed by atoms with Gasteiger partial charge in [0, 0.05) is 12.1 Å². The highest BCUT2D eigenvalue weighted by Gasteiger charge is 2.56. The van der Waals surface area contributed by atoms with E-state index in [2.05, 4.69) is 69.1 Å². The third-order valence-electron chi connectivity index (χ3n) is 12.5. The highest BCUT2D eigenvalue weighted by atomic mass is 16.5. The zero-order valence-corrected chi connectivity index (χ0v) is 33.3. The van der Waals surface area contributed by atoms with Gasteiger partial charge in [-0.2, -0.15) is 0 Å². The van der Waals surface area contributed by atoms with Crippen LogP contribution in [0.1, 0.15) is 83.5 Å². The zero-order valence-electron chi connectivity index (χ0n) is 33.3. The van der Waals surface area contributed by atoms with Crippen LogP contribution in [-0.4, -0.2) is 92.1 Å². The Hall–Kier alpha value is -5.66. The number of hydrogen-bond donors (Lipinski definition) is 4. The zero-order chi connectivity index (χ0) is 40.1. The predicted octanol–water partition coefficient (Wildman–Crippen LogP) is 6.61. The molecule has 4 heterocycles. The molecule has 4 aromatic rings. The molecule has 4 amide bonds. The molecule has 2 aliphatic heterocycles. The average molecular weight is 777 g/mol. The number of likely N-dealkylation sites (tertiary alicyclic amines) is 2. The number of piperidine rings is 2. The quantitative estimate of drug-likeness (QED) is 0.132. The van der Waals surface area contributed by atoms with Crippen molar-refractivity contribution in [3.8, 4) is 33.6 Å². The molecule has 2 aromatic heterocycles. The number of hydrogen-bond acceptors (Lipinski definition) is 8. The van der Waals surface area contributed by atoms with Crippen LogP contribution in [0.5, 0.6) is 0 Å². The van der Waals surface area contributed by atoms with E-state index < -0.39 is 24.3 Å². The van der Waals surface area contributed by atoms with E-state index in [0.717, 1.165) is 77.4 Å². The first-order valence-electron chi connectivity index (χ1n) is 20.1. The van der Waals surface area contributed by atoms with Crippen LogP contribution < -0.4 is 10.6 Å². The lowest BCUT2D eigenvalue weighted by atomic mass is 9.95. The van der Waals surface area contributed by atoms with Gasteiger partial charge >= 0.3 is 12.2 Å². The first-order valence-corrected chi connectivity index (χ1v) is 20.1. The molecule has 2 bridgehead atoms. The van der Waals surface area contributed by atoms with Crippen molar-refractivity contribution in [3.05, 3.63) is 72.6 Å². The number of benzene rings is 2. The highest BCUT2D eigenvalue weighted by Crippen LogP contribution is 2.54. The summed E-state index contributed by atoms with van der Waals surface area (Å²) in [6, 6.07) is 15.2. The Morgan fingerprint density at radius 3 is 1.67 bits per heavy atom. The van der Waals surface area contributed by atoms with Crippen molar-refractivity contribution in [3.63, 3.8) is 0 Å². The molecular formula is C43H52N8O6. The number of carbonyl (C=O) groups excluding carboxylic acids is 4. The van der Waals surface area contributed by atoms with Crippen molar-refractivity contribution in [1.82, 2.24) is 40.4 Å². The van der Waals surface area contributed by atoms with Crippen molar-refractivity contribution < 1.29 is 28.7 Å². The molecule has 2 saturated carbocycles. The molecular weight excluding hydrogens is 725 g/mol. The summed E-state index contributed by atoms with van der Waals surface area (Å²) in [6.07, 6.45) is 7.19. The number of nitrogens with zero attached hydrogens (tertiary/aromatic N) is 4. The molecule has 4 N–H and O–H groups in total. The summed E-state index contributed by atoms with van der Waals surface area (Å²) < 4.78 is 9.61. The van der Waals surface area contributed by atoms with Crippen molar-refractivity contribution in [2.24, 2.45) is 23.7 Å². The smallest absolute Gasteiger partial charge is 0.407 e. The second kappa shape index (κ2) is 15.4. The molecule has 8 rings (SSSR count). The lowest BCUT2D eigenvalue weighted by Gasteiger charge is -2.37. The lowest BCUT2D eigenvalue weighted by molar-refractivity contribution is -0.139. The van der Waals surface area contributed by atoms with Gasteiger partial charge in [0.25, 0.3) is 0 Å². The molecule has 0 radical (unpaired) electrons. The molecule has 2 saturated heterocycles. The summed E-state index contributed by atoms with van der Waals surface area (Å²) in [5.74, 6) is 1.89. The lowest BCUT2D eigenvalue weighted by Crippen LogP contribution is -2.54. The molecule has 2 aliphatic carbocycles. The van der Waals surface area contributed by atoms with Gasteiger partial charge in [-0.3, -0.25) is 9.59 Å². The number of aromatic amines is 2. The summed E-state index contributed by atoms with van der Waals surface area (Å²) in [7, 11) is 2.61. The molecule has 4 aliphatic rings. The van der Waals surface area contributed by atoms with Gasteiger partial charge in [0.1, 0.15) is 23.7 Å². The Morgan fingerprint density at radius 2 is 1.14 bits per heavy atom. The number of rotatable bonds is 11. The SMILES string of the molecule is COC(=O)N[C@H](C(=O)N1[C@@H]2CC[C@@H](C2)[C@H]1c1ncc(-c2ccc(-c3ccc(-c4cnc([C@@H]5C[C@H]6C[C@H]6N5C(=O)[C@@H](NC(=O)OC)C(C)C)[nH]4)cc3)cc2)[nH]1)C(C)C. The second-order valence-electron chi connectivity index (χ2n) is 16.7. The summed E-state index contributed by atoms with van der Waals surface area (Å²) in [5, 5.41) is 5.49. The second-order valence-corrected chi connectivity index (χ2v) is 16.7. The minimum absolute atomic E-state index is 0.0937. The monoisotopic (exact) mass is 776 g/mol. The maximum Gasteiger partial charge on any atom is 0.407 e. The predicted molar refractivity (Wildman–Crippen MR) is 212 cm³/mol. The van der Waals surface area contributed by atoms with Gasteiger partial charge in [-0.25, -0.2) is 19.6 Å². The van der Waals surface area contributed by atoms with Gasteiger partial charge in [0.05, 0.1) is 50.1 Å². The van der Waals surface area contributed by atoms with Gasteiger partial charge in [0.2, 0.25) is 11.8 Å². The van der Waals surface area contributed by atoms with Crippen LogP contribution in [0.3, 0.4) is 0 Å². The number of alkyl carbamates (subject to hydrolysis) is 2. The molecule has 4 fully saturated rings. The number of methoxy groups -OCH3 is 2. The fourth-order valence-corrected chi connectivity index (χ4v) is 9.37. The van der Waals surface area contributed by atoms with Crippen molar-refractivity contribution >= 4 is 24.0 Å². The number of aromatic nitrogens is 4. The molecule has 0 spiro atoms. The minimum Gasteiger partial charge on any atom is -0.453 e. The summed E-state index contributed by atoms with van der Waals surface area (Å²) in [5.41, 5.74) is 5.87. The van der Waals surface area contributed by atoms with Crippen LogP contribution in [0.2, 0.25) is 0 Å². The van der Waals surface area contributed by atoms with Crippen LogP contribution in [0.4, 0.5) is 9.59 Å². The number of nitrogens with one attached hydrogen (secondary N) is 4. The van der Waals surface area contributed by atoms with E-state index in [1.165, 1.54) is 14.2 Å². The topological polar surface area (TPSA) is 175 Å². The van der Waals surface area contributed by atoms with E-state index in [4.69, 9.17) is 19.4 Å². The number of fused-ring (bicyclic) bond motifs is 3. The Balaban J connectivity index is 0.941.